The van der Waals surface area contributed by atoms with Crippen molar-refractivity contribution < 1.29 is 19.1 Å². The molecule has 1 aliphatic heterocycles. The number of rotatable bonds is 1. The van der Waals surface area contributed by atoms with Crippen molar-refractivity contribution in [1.82, 2.24) is 0 Å². The summed E-state index contributed by atoms with van der Waals surface area (Å²) in [7, 11) is 1.47. The van der Waals surface area contributed by atoms with Gasteiger partial charge in [0.15, 0.2) is 5.60 Å². The molecule has 1 heterocycles. The summed E-state index contributed by atoms with van der Waals surface area (Å²) in [6.07, 6.45) is 4.79. The summed E-state index contributed by atoms with van der Waals surface area (Å²) in [5.41, 5.74) is -1.00. The van der Waals surface area contributed by atoms with Gasteiger partial charge in [-0.1, -0.05) is 12.2 Å². The molecule has 2 bridgehead atoms. The van der Waals surface area contributed by atoms with Gasteiger partial charge in [0.1, 0.15) is 5.92 Å². The number of methoxy groups -OCH3 is 1. The zero-order chi connectivity index (χ0) is 9.92. The van der Waals surface area contributed by atoms with Gasteiger partial charge in [-0.05, 0) is 12.3 Å². The number of carbonyl (C=O) groups excluding carboxylic acids is 2. The molecule has 4 heteroatoms. The van der Waals surface area contributed by atoms with Crippen LogP contribution in [0.4, 0.5) is 0 Å². The molecule has 0 aromatic heterocycles. The minimum atomic E-state index is -1.00. The van der Waals surface area contributed by atoms with Gasteiger partial charge in [-0.25, -0.2) is 4.79 Å². The van der Waals surface area contributed by atoms with Gasteiger partial charge in [-0.2, -0.15) is 0 Å². The number of carbonyl (C=O) groups is 2. The highest BCUT2D eigenvalue weighted by molar-refractivity contribution is 6.03. The van der Waals surface area contributed by atoms with Crippen LogP contribution in [-0.2, 0) is 19.1 Å². The molecule has 3 rings (SSSR count). The van der Waals surface area contributed by atoms with E-state index in [4.69, 9.17) is 4.74 Å². The second-order valence-corrected chi connectivity index (χ2v) is 4.07. The second kappa shape index (κ2) is 2.25. The Hall–Kier alpha value is -1.16. The molecule has 4 atom stereocenters. The van der Waals surface area contributed by atoms with Gasteiger partial charge in [-0.3, -0.25) is 4.79 Å². The summed E-state index contributed by atoms with van der Waals surface area (Å²) in [6.45, 7) is 0. The van der Waals surface area contributed by atoms with E-state index in [1.807, 2.05) is 12.2 Å². The van der Waals surface area contributed by atoms with Crippen LogP contribution >= 0.6 is 0 Å². The summed E-state index contributed by atoms with van der Waals surface area (Å²) >= 11 is 0. The van der Waals surface area contributed by atoms with E-state index in [0.717, 1.165) is 6.42 Å². The summed E-state index contributed by atoms with van der Waals surface area (Å²) in [4.78, 5) is 23.1. The fraction of sp³-hybridized carbons (Fsp3) is 0.600. The van der Waals surface area contributed by atoms with Gasteiger partial charge < -0.3 is 9.47 Å². The van der Waals surface area contributed by atoms with Crippen molar-refractivity contribution in [2.45, 2.75) is 12.0 Å². The highest BCUT2D eigenvalue weighted by Crippen LogP contribution is 2.56. The molecule has 2 fully saturated rings. The van der Waals surface area contributed by atoms with Gasteiger partial charge in [0.2, 0.25) is 0 Å². The summed E-state index contributed by atoms with van der Waals surface area (Å²) in [5.74, 6) is -1.20. The molecular weight excluding hydrogens is 184 g/mol. The minimum Gasteiger partial charge on any atom is -0.391 e. The second-order valence-electron chi connectivity index (χ2n) is 4.07. The van der Waals surface area contributed by atoms with Crippen molar-refractivity contribution in [3.05, 3.63) is 12.2 Å². The molecule has 4 nitrogen and oxygen atoms in total. The first-order valence-corrected chi connectivity index (χ1v) is 4.69. The molecular formula is C10H10O4. The van der Waals surface area contributed by atoms with Crippen LogP contribution in [0.5, 0.6) is 0 Å². The lowest BCUT2D eigenvalue weighted by Crippen LogP contribution is -2.46. The third-order valence-corrected chi connectivity index (χ3v) is 3.66. The van der Waals surface area contributed by atoms with Gasteiger partial charge in [-0.15, -0.1) is 0 Å². The van der Waals surface area contributed by atoms with Gasteiger partial charge in [0, 0.05) is 13.0 Å². The van der Waals surface area contributed by atoms with E-state index < -0.39 is 23.5 Å². The summed E-state index contributed by atoms with van der Waals surface area (Å²) in [5, 5.41) is 0. The fourth-order valence-corrected chi connectivity index (χ4v) is 3.07. The molecule has 0 spiro atoms. The maximum atomic E-state index is 11.6. The van der Waals surface area contributed by atoms with E-state index >= 15 is 0 Å². The summed E-state index contributed by atoms with van der Waals surface area (Å²) in [6, 6.07) is 0. The van der Waals surface area contributed by atoms with Crippen molar-refractivity contribution in [3.8, 4) is 0 Å². The number of ether oxygens (including phenoxy) is 2. The van der Waals surface area contributed by atoms with Crippen LogP contribution in [0.25, 0.3) is 0 Å². The van der Waals surface area contributed by atoms with Gasteiger partial charge in [0.05, 0.1) is 0 Å². The summed E-state index contributed by atoms with van der Waals surface area (Å²) < 4.78 is 9.95. The zero-order valence-corrected chi connectivity index (χ0v) is 7.73. The zero-order valence-electron chi connectivity index (χ0n) is 7.73. The van der Waals surface area contributed by atoms with Crippen LogP contribution in [0.3, 0.4) is 0 Å². The highest BCUT2D eigenvalue weighted by atomic mass is 16.6. The number of fused-ring (bicyclic) bond motifs is 5. The van der Waals surface area contributed by atoms with Crippen LogP contribution in [-0.4, -0.2) is 24.6 Å². The highest BCUT2D eigenvalue weighted by Gasteiger charge is 2.70. The fourth-order valence-electron chi connectivity index (χ4n) is 3.07. The van der Waals surface area contributed by atoms with Crippen LogP contribution in [0.2, 0.25) is 0 Å². The van der Waals surface area contributed by atoms with Gasteiger partial charge in [0.25, 0.3) is 0 Å². The van der Waals surface area contributed by atoms with Crippen LogP contribution in [0.15, 0.2) is 12.2 Å². The number of allylic oxidation sites excluding steroid dienone is 1. The predicted molar refractivity (Wildman–Crippen MR) is 45.1 cm³/mol. The minimum absolute atomic E-state index is 0.0152. The largest absolute Gasteiger partial charge is 0.391 e. The standard InChI is InChI=1S/C10H10O4/c1-13-10-6-3-2-5(4-6)7(10)8(11)14-9(10)12/h2-3,5-7H,4H2,1H3. The monoisotopic (exact) mass is 194 g/mol. The van der Waals surface area contributed by atoms with E-state index in [1.165, 1.54) is 7.11 Å². The van der Waals surface area contributed by atoms with E-state index in [0.29, 0.717) is 0 Å². The Labute approximate surface area is 80.9 Å². The van der Waals surface area contributed by atoms with Crippen LogP contribution in [0.1, 0.15) is 6.42 Å². The normalized spacial score (nSPS) is 48.5. The molecule has 0 amide bonds. The smallest absolute Gasteiger partial charge is 0.347 e. The van der Waals surface area contributed by atoms with Crippen molar-refractivity contribution >= 4 is 11.9 Å². The maximum Gasteiger partial charge on any atom is 0.347 e. The molecule has 74 valence electrons. The van der Waals surface area contributed by atoms with E-state index in [2.05, 4.69) is 4.74 Å². The lowest BCUT2D eigenvalue weighted by atomic mass is 9.80. The Morgan fingerprint density at radius 1 is 1.50 bits per heavy atom. The van der Waals surface area contributed by atoms with Crippen LogP contribution in [0, 0.1) is 17.8 Å². The van der Waals surface area contributed by atoms with Crippen molar-refractivity contribution in [2.75, 3.05) is 7.11 Å². The Morgan fingerprint density at radius 3 is 2.93 bits per heavy atom. The quantitative estimate of drug-likeness (QED) is 0.342. The topological polar surface area (TPSA) is 52.6 Å². The number of hydrogen-bond donors (Lipinski definition) is 0. The first-order valence-electron chi connectivity index (χ1n) is 4.69. The molecule has 0 aromatic carbocycles. The molecule has 3 aliphatic rings. The van der Waals surface area contributed by atoms with E-state index in [-0.39, 0.29) is 11.8 Å². The van der Waals surface area contributed by atoms with Crippen molar-refractivity contribution in [2.24, 2.45) is 17.8 Å². The molecule has 14 heavy (non-hydrogen) atoms. The first kappa shape index (κ1) is 8.17. The van der Waals surface area contributed by atoms with E-state index in [1.54, 1.807) is 0 Å². The van der Waals surface area contributed by atoms with E-state index in [9.17, 15) is 9.59 Å². The SMILES string of the molecule is COC12C(=O)OC(=O)C1C1C=CC2C1. The molecule has 1 saturated carbocycles. The Morgan fingerprint density at radius 2 is 2.29 bits per heavy atom. The number of hydrogen-bond acceptors (Lipinski definition) is 4. The molecule has 0 aromatic rings. The van der Waals surface area contributed by atoms with Crippen molar-refractivity contribution in [1.29, 1.82) is 0 Å². The Kier molecular flexibility index (Phi) is 1.32. The Bertz CT molecular complexity index is 359. The third kappa shape index (κ3) is 0.629. The lowest BCUT2D eigenvalue weighted by molar-refractivity contribution is -0.162. The molecule has 2 aliphatic carbocycles. The van der Waals surface area contributed by atoms with Gasteiger partial charge >= 0.3 is 11.9 Å². The molecule has 0 N–H and O–H groups in total. The third-order valence-electron chi connectivity index (χ3n) is 3.66. The first-order chi connectivity index (χ1) is 6.70. The van der Waals surface area contributed by atoms with Crippen LogP contribution < -0.4 is 0 Å². The van der Waals surface area contributed by atoms with Crippen molar-refractivity contribution in [3.63, 3.8) is 0 Å². The number of cyclic esters (lactones) is 2. The number of esters is 2. The molecule has 0 radical (unpaired) electrons. The maximum absolute atomic E-state index is 11.6. The predicted octanol–water partition coefficient (Wildman–Crippen LogP) is 0.277. The molecule has 1 saturated heterocycles. The molecule has 4 unspecified atom stereocenters. The average molecular weight is 194 g/mol. The lowest BCUT2D eigenvalue weighted by Gasteiger charge is -2.28. The average Bonchev–Trinajstić information content (AvgIpc) is 2.78. The Balaban J connectivity index is 2.16.